The predicted molar refractivity (Wildman–Crippen MR) is 102 cm³/mol. The van der Waals surface area contributed by atoms with E-state index < -0.39 is 37.3 Å². The van der Waals surface area contributed by atoms with Crippen LogP contribution in [-0.2, 0) is 9.53 Å². The Morgan fingerprint density at radius 3 is 2.22 bits per heavy atom. The molecule has 27 heavy (non-hydrogen) atoms. The maximum Gasteiger partial charge on any atom is 0.229 e. The number of halogens is 1. The molecule has 0 bridgehead atoms. The van der Waals surface area contributed by atoms with Crippen LogP contribution in [0.2, 0.25) is 0 Å². The van der Waals surface area contributed by atoms with Crippen molar-refractivity contribution in [2.45, 2.75) is 30.7 Å². The van der Waals surface area contributed by atoms with Gasteiger partial charge in [-0.2, -0.15) is 0 Å². The molecule has 1 heterocycles. The Labute approximate surface area is 169 Å². The van der Waals surface area contributed by atoms with E-state index in [1.807, 2.05) is 0 Å². The van der Waals surface area contributed by atoms with E-state index in [1.165, 1.54) is 20.3 Å². The van der Waals surface area contributed by atoms with E-state index in [-0.39, 0.29) is 21.0 Å². The molecule has 10 heteroatoms. The maximum atomic E-state index is 11.1. The first-order chi connectivity index (χ1) is 12.8. The van der Waals surface area contributed by atoms with Gasteiger partial charge in [0.15, 0.2) is 11.5 Å². The minimum absolute atomic E-state index is 0.0854. The molecule has 0 radical (unpaired) electrons. The zero-order valence-corrected chi connectivity index (χ0v) is 16.8. The second-order valence-corrected chi connectivity index (χ2v) is 6.77. The fourth-order valence-corrected chi connectivity index (χ4v) is 2.73. The normalized spacial score (nSPS) is 28.2. The molecule has 1 aliphatic rings. The average molecular weight is 496 g/mol. The molecule has 2 rings (SSSR count). The van der Waals surface area contributed by atoms with Crippen LogP contribution in [0.1, 0.15) is 5.56 Å². The second kappa shape index (κ2) is 9.66. The Kier molecular flexibility index (Phi) is 7.82. The van der Waals surface area contributed by atoms with E-state index >= 15 is 0 Å². The summed E-state index contributed by atoms with van der Waals surface area (Å²) in [5.41, 5.74) is 0.606. The van der Waals surface area contributed by atoms with Crippen molar-refractivity contribution in [3.05, 3.63) is 23.8 Å². The molecule has 1 aromatic rings. The van der Waals surface area contributed by atoms with Gasteiger partial charge >= 0.3 is 0 Å². The molecular formula is C17H21IO9. The Balaban J connectivity index is 2.35. The van der Waals surface area contributed by atoms with Crippen LogP contribution in [0.15, 0.2) is 18.2 Å². The SMILES string of the molecule is COc1cc(/C=C/C(=O)I)cc(OC)c1O[C@@H]1O[C@H](CO)[C@H](O)[C@H](O)[C@H]1O. The van der Waals surface area contributed by atoms with Crippen LogP contribution in [0.5, 0.6) is 17.2 Å². The Bertz CT molecular complexity index is 666. The molecular weight excluding hydrogens is 475 g/mol. The van der Waals surface area contributed by atoms with Crippen LogP contribution in [0.25, 0.3) is 6.08 Å². The van der Waals surface area contributed by atoms with Crippen LogP contribution in [-0.4, -0.2) is 75.7 Å². The molecule has 1 fully saturated rings. The van der Waals surface area contributed by atoms with Crippen LogP contribution in [0.4, 0.5) is 0 Å². The van der Waals surface area contributed by atoms with E-state index in [9.17, 15) is 25.2 Å². The van der Waals surface area contributed by atoms with Crippen molar-refractivity contribution in [3.63, 3.8) is 0 Å². The number of aliphatic hydroxyl groups excluding tert-OH is 4. The fraction of sp³-hybridized carbons (Fsp3) is 0.471. The number of carbonyl (C=O) groups is 1. The van der Waals surface area contributed by atoms with Crippen molar-refractivity contribution >= 4 is 32.5 Å². The number of carbonyl (C=O) groups excluding carboxylic acids is 1. The second-order valence-electron chi connectivity index (χ2n) is 5.71. The summed E-state index contributed by atoms with van der Waals surface area (Å²) >= 11 is 1.64. The summed E-state index contributed by atoms with van der Waals surface area (Å²) in [6.07, 6.45) is -4.21. The van der Waals surface area contributed by atoms with Gasteiger partial charge in [-0.05, 0) is 23.8 Å². The first kappa shape index (κ1) is 21.9. The highest BCUT2D eigenvalue weighted by Crippen LogP contribution is 2.40. The van der Waals surface area contributed by atoms with Gasteiger partial charge in [-0.25, -0.2) is 0 Å². The third-order valence-corrected chi connectivity index (χ3v) is 4.33. The molecule has 1 aromatic carbocycles. The smallest absolute Gasteiger partial charge is 0.229 e. The lowest BCUT2D eigenvalue weighted by molar-refractivity contribution is -0.277. The molecule has 0 aromatic heterocycles. The Hall–Kier alpha value is -1.44. The monoisotopic (exact) mass is 496 g/mol. The Morgan fingerprint density at radius 2 is 1.74 bits per heavy atom. The van der Waals surface area contributed by atoms with Crippen molar-refractivity contribution in [1.82, 2.24) is 0 Å². The fourth-order valence-electron chi connectivity index (χ4n) is 2.56. The minimum atomic E-state index is -1.58. The molecule has 150 valence electrons. The lowest BCUT2D eigenvalue weighted by atomic mass is 9.99. The molecule has 0 saturated carbocycles. The zero-order chi connectivity index (χ0) is 20.1. The summed E-state index contributed by atoms with van der Waals surface area (Å²) in [6, 6.07) is 3.16. The van der Waals surface area contributed by atoms with E-state index in [0.717, 1.165) is 0 Å². The van der Waals surface area contributed by atoms with E-state index in [4.69, 9.17) is 18.9 Å². The number of hydrogen-bond acceptors (Lipinski definition) is 9. The van der Waals surface area contributed by atoms with E-state index in [0.29, 0.717) is 5.56 Å². The zero-order valence-electron chi connectivity index (χ0n) is 14.6. The molecule has 0 aliphatic carbocycles. The van der Waals surface area contributed by atoms with Crippen molar-refractivity contribution in [3.8, 4) is 17.2 Å². The van der Waals surface area contributed by atoms with E-state index in [2.05, 4.69) is 0 Å². The summed E-state index contributed by atoms with van der Waals surface area (Å²) in [5.74, 6) is 0.543. The highest BCUT2D eigenvalue weighted by atomic mass is 127. The van der Waals surface area contributed by atoms with Crippen LogP contribution in [0.3, 0.4) is 0 Å². The number of benzene rings is 1. The standard InChI is InChI=1S/C17H21IO9/c1-24-9-5-8(3-4-12(18)20)6-10(25-2)16(9)27-17-15(23)14(22)13(21)11(7-19)26-17/h3-6,11,13-15,17,19,21-23H,7H2,1-2H3/b4-3+/t11-,13+,14+,15-,17+/m1/s1. The largest absolute Gasteiger partial charge is 0.493 e. The molecule has 0 spiro atoms. The first-order valence-corrected chi connectivity index (χ1v) is 9.01. The van der Waals surface area contributed by atoms with Crippen LogP contribution >= 0.6 is 22.6 Å². The molecule has 0 amide bonds. The van der Waals surface area contributed by atoms with Gasteiger partial charge in [0.1, 0.15) is 24.4 Å². The summed E-state index contributed by atoms with van der Waals surface area (Å²) < 4.78 is 21.4. The summed E-state index contributed by atoms with van der Waals surface area (Å²) in [4.78, 5) is 11.1. The number of aliphatic hydroxyl groups is 4. The maximum absolute atomic E-state index is 11.1. The number of allylic oxidation sites excluding steroid dienone is 1. The lowest BCUT2D eigenvalue weighted by Gasteiger charge is -2.39. The first-order valence-electron chi connectivity index (χ1n) is 7.93. The van der Waals surface area contributed by atoms with Gasteiger partial charge in [0.2, 0.25) is 15.8 Å². The highest BCUT2D eigenvalue weighted by molar-refractivity contribution is 14.1. The van der Waals surface area contributed by atoms with Crippen molar-refractivity contribution < 1.29 is 44.2 Å². The number of rotatable bonds is 7. The summed E-state index contributed by atoms with van der Waals surface area (Å²) in [6.45, 7) is -0.576. The third-order valence-electron chi connectivity index (χ3n) is 3.97. The molecule has 1 aliphatic heterocycles. The van der Waals surface area contributed by atoms with Gasteiger partial charge in [-0.15, -0.1) is 0 Å². The quantitative estimate of drug-likeness (QED) is 0.231. The minimum Gasteiger partial charge on any atom is -0.493 e. The van der Waals surface area contributed by atoms with Crippen LogP contribution < -0.4 is 14.2 Å². The van der Waals surface area contributed by atoms with E-state index in [1.54, 1.807) is 40.8 Å². The van der Waals surface area contributed by atoms with Gasteiger partial charge < -0.3 is 39.4 Å². The predicted octanol–water partition coefficient (Wildman–Crippen LogP) is -0.143. The molecule has 5 atom stereocenters. The molecule has 0 unspecified atom stereocenters. The summed E-state index contributed by atoms with van der Waals surface area (Å²) in [5, 5.41) is 39.1. The number of methoxy groups -OCH3 is 2. The lowest BCUT2D eigenvalue weighted by Crippen LogP contribution is -2.60. The van der Waals surface area contributed by atoms with Crippen LogP contribution in [0, 0.1) is 0 Å². The van der Waals surface area contributed by atoms with Gasteiger partial charge in [0.25, 0.3) is 0 Å². The van der Waals surface area contributed by atoms with Gasteiger partial charge in [-0.3, -0.25) is 4.79 Å². The average Bonchev–Trinajstić information content (AvgIpc) is 2.66. The van der Waals surface area contributed by atoms with Crippen molar-refractivity contribution in [2.24, 2.45) is 0 Å². The summed E-state index contributed by atoms with van der Waals surface area (Å²) in [7, 11) is 2.79. The molecule has 4 N–H and O–H groups in total. The topological polar surface area (TPSA) is 135 Å². The van der Waals surface area contributed by atoms with Gasteiger partial charge in [0, 0.05) is 22.6 Å². The van der Waals surface area contributed by atoms with Gasteiger partial charge in [0.05, 0.1) is 20.8 Å². The Morgan fingerprint density at radius 1 is 1.15 bits per heavy atom. The molecule has 9 nitrogen and oxygen atoms in total. The number of hydrogen-bond donors (Lipinski definition) is 4. The number of ether oxygens (including phenoxy) is 4. The van der Waals surface area contributed by atoms with Gasteiger partial charge in [-0.1, -0.05) is 6.08 Å². The van der Waals surface area contributed by atoms with Crippen molar-refractivity contribution in [1.29, 1.82) is 0 Å². The molecule has 1 saturated heterocycles. The third kappa shape index (κ3) is 5.09. The van der Waals surface area contributed by atoms with Crippen molar-refractivity contribution in [2.75, 3.05) is 20.8 Å². The highest BCUT2D eigenvalue weighted by Gasteiger charge is 2.45.